The summed E-state index contributed by atoms with van der Waals surface area (Å²) in [6, 6.07) is 7.59. The van der Waals surface area contributed by atoms with Gasteiger partial charge in [0, 0.05) is 23.2 Å². The number of rotatable bonds is 7. The van der Waals surface area contributed by atoms with E-state index >= 15 is 0 Å². The zero-order chi connectivity index (χ0) is 20.5. The summed E-state index contributed by atoms with van der Waals surface area (Å²) in [5.74, 6) is 0.756. The van der Waals surface area contributed by atoms with Crippen molar-refractivity contribution in [1.29, 1.82) is 0 Å². The third-order valence-electron chi connectivity index (χ3n) is 3.88. The van der Waals surface area contributed by atoms with E-state index in [9.17, 15) is 4.79 Å². The van der Waals surface area contributed by atoms with Crippen molar-refractivity contribution in [2.75, 3.05) is 11.9 Å². The predicted molar refractivity (Wildman–Crippen MR) is 132 cm³/mol. The SMILES string of the molecule is CCNC(=NCc1ccc(NC(=O)NC(C)C)cc1)NCc1nc(C)c(C)s1.I. The zero-order valence-corrected chi connectivity index (χ0v) is 20.8. The first kappa shape index (κ1) is 25.2. The highest BCUT2D eigenvalue weighted by atomic mass is 127. The van der Waals surface area contributed by atoms with Gasteiger partial charge in [-0.1, -0.05) is 12.1 Å². The fraction of sp³-hybridized carbons (Fsp3) is 0.450. The number of anilines is 1. The normalized spacial score (nSPS) is 11.0. The van der Waals surface area contributed by atoms with Crippen molar-refractivity contribution in [2.24, 2.45) is 4.99 Å². The van der Waals surface area contributed by atoms with Crippen LogP contribution in [0.4, 0.5) is 10.5 Å². The monoisotopic (exact) mass is 530 g/mol. The average molecular weight is 530 g/mol. The van der Waals surface area contributed by atoms with E-state index in [1.807, 2.05) is 52.0 Å². The minimum atomic E-state index is -0.202. The van der Waals surface area contributed by atoms with E-state index in [4.69, 9.17) is 0 Å². The molecule has 1 heterocycles. The van der Waals surface area contributed by atoms with Crippen LogP contribution in [0.1, 0.15) is 41.9 Å². The Morgan fingerprint density at radius 2 is 1.86 bits per heavy atom. The molecule has 0 bridgehead atoms. The number of guanidine groups is 1. The number of aromatic nitrogens is 1. The first-order valence-electron chi connectivity index (χ1n) is 9.49. The third kappa shape index (κ3) is 8.99. The van der Waals surface area contributed by atoms with Gasteiger partial charge in [-0.2, -0.15) is 0 Å². The molecule has 0 atom stereocenters. The zero-order valence-electron chi connectivity index (χ0n) is 17.6. The van der Waals surface area contributed by atoms with Crippen LogP contribution in [-0.4, -0.2) is 29.6 Å². The summed E-state index contributed by atoms with van der Waals surface area (Å²) in [6.07, 6.45) is 0. The van der Waals surface area contributed by atoms with Gasteiger partial charge in [0.1, 0.15) is 5.01 Å². The quantitative estimate of drug-likeness (QED) is 0.246. The molecule has 2 rings (SSSR count). The number of nitrogens with one attached hydrogen (secondary N) is 4. The average Bonchev–Trinajstić information content (AvgIpc) is 2.96. The maximum atomic E-state index is 11.7. The van der Waals surface area contributed by atoms with Crippen molar-refractivity contribution in [1.82, 2.24) is 20.9 Å². The number of nitrogens with zero attached hydrogens (tertiary/aromatic N) is 2. The number of hydrogen-bond donors (Lipinski definition) is 4. The molecule has 0 saturated carbocycles. The summed E-state index contributed by atoms with van der Waals surface area (Å²) >= 11 is 1.70. The maximum Gasteiger partial charge on any atom is 0.319 e. The fourth-order valence-corrected chi connectivity index (χ4v) is 3.28. The molecule has 0 unspecified atom stereocenters. The molecule has 1 aromatic heterocycles. The molecule has 9 heteroatoms. The van der Waals surface area contributed by atoms with E-state index in [0.717, 1.165) is 34.5 Å². The molecule has 2 aromatic rings. The molecule has 2 amide bonds. The Hall–Kier alpha value is -1.88. The lowest BCUT2D eigenvalue weighted by atomic mass is 10.2. The van der Waals surface area contributed by atoms with E-state index in [2.05, 4.69) is 38.2 Å². The second-order valence-corrected chi connectivity index (χ2v) is 8.04. The molecule has 0 aliphatic heterocycles. The first-order chi connectivity index (χ1) is 13.4. The van der Waals surface area contributed by atoms with Crippen molar-refractivity contribution >= 4 is 53.0 Å². The number of amides is 2. The van der Waals surface area contributed by atoms with Crippen LogP contribution in [-0.2, 0) is 13.1 Å². The highest BCUT2D eigenvalue weighted by molar-refractivity contribution is 14.0. The van der Waals surface area contributed by atoms with Crippen molar-refractivity contribution in [3.63, 3.8) is 0 Å². The van der Waals surface area contributed by atoms with Gasteiger partial charge in [0.2, 0.25) is 0 Å². The Bertz CT molecular complexity index is 784. The highest BCUT2D eigenvalue weighted by Crippen LogP contribution is 2.16. The highest BCUT2D eigenvalue weighted by Gasteiger charge is 2.06. The van der Waals surface area contributed by atoms with E-state index < -0.39 is 0 Å². The van der Waals surface area contributed by atoms with Crippen molar-refractivity contribution in [3.05, 3.63) is 45.4 Å². The Morgan fingerprint density at radius 1 is 1.17 bits per heavy atom. The Balaban J connectivity index is 0.00000420. The summed E-state index contributed by atoms with van der Waals surface area (Å²) in [7, 11) is 0. The molecule has 0 fully saturated rings. The van der Waals surface area contributed by atoms with Crippen LogP contribution in [0.2, 0.25) is 0 Å². The summed E-state index contributed by atoms with van der Waals surface area (Å²) in [6.45, 7) is 12.0. The molecule has 0 radical (unpaired) electrons. The summed E-state index contributed by atoms with van der Waals surface area (Å²) in [4.78, 5) is 22.2. The lowest BCUT2D eigenvalue weighted by Gasteiger charge is -2.11. The molecule has 160 valence electrons. The maximum absolute atomic E-state index is 11.7. The number of thiazole rings is 1. The molecule has 0 saturated heterocycles. The van der Waals surface area contributed by atoms with E-state index in [-0.39, 0.29) is 36.0 Å². The third-order valence-corrected chi connectivity index (χ3v) is 4.95. The number of aryl methyl sites for hydroxylation is 2. The van der Waals surface area contributed by atoms with Gasteiger partial charge in [-0.15, -0.1) is 35.3 Å². The van der Waals surface area contributed by atoms with Crippen LogP contribution < -0.4 is 21.3 Å². The summed E-state index contributed by atoms with van der Waals surface area (Å²) in [5.41, 5.74) is 2.90. The molecule has 0 spiro atoms. The molecule has 0 aliphatic carbocycles. The van der Waals surface area contributed by atoms with Crippen molar-refractivity contribution in [3.8, 4) is 0 Å². The van der Waals surface area contributed by atoms with Crippen LogP contribution >= 0.6 is 35.3 Å². The molecule has 0 aliphatic rings. The van der Waals surface area contributed by atoms with Gasteiger partial charge < -0.3 is 21.3 Å². The number of carbonyl (C=O) groups excluding carboxylic acids is 1. The van der Waals surface area contributed by atoms with Crippen LogP contribution in [0.15, 0.2) is 29.3 Å². The first-order valence-corrected chi connectivity index (χ1v) is 10.3. The topological polar surface area (TPSA) is 90.4 Å². The number of halogens is 1. The Labute approximate surface area is 194 Å². The van der Waals surface area contributed by atoms with Gasteiger partial charge in [0.25, 0.3) is 0 Å². The van der Waals surface area contributed by atoms with Crippen LogP contribution in [0.25, 0.3) is 0 Å². The minimum absolute atomic E-state index is 0. The van der Waals surface area contributed by atoms with Gasteiger partial charge in [-0.05, 0) is 52.3 Å². The summed E-state index contributed by atoms with van der Waals surface area (Å²) in [5, 5.41) is 13.2. The van der Waals surface area contributed by atoms with E-state index in [1.165, 1.54) is 4.88 Å². The lowest BCUT2D eigenvalue weighted by Crippen LogP contribution is -2.36. The molecule has 29 heavy (non-hydrogen) atoms. The number of urea groups is 1. The number of hydrogen-bond acceptors (Lipinski definition) is 4. The fourth-order valence-electron chi connectivity index (χ4n) is 2.41. The largest absolute Gasteiger partial charge is 0.357 e. The second kappa shape index (κ2) is 12.6. The van der Waals surface area contributed by atoms with E-state index in [1.54, 1.807) is 11.3 Å². The Morgan fingerprint density at radius 3 is 2.41 bits per heavy atom. The molecule has 7 nitrogen and oxygen atoms in total. The smallest absolute Gasteiger partial charge is 0.319 e. The summed E-state index contributed by atoms with van der Waals surface area (Å²) < 4.78 is 0. The van der Waals surface area contributed by atoms with Crippen LogP contribution in [0.3, 0.4) is 0 Å². The van der Waals surface area contributed by atoms with Gasteiger partial charge >= 0.3 is 6.03 Å². The lowest BCUT2D eigenvalue weighted by molar-refractivity contribution is 0.250. The Kier molecular flexibility index (Phi) is 11.0. The molecule has 4 N–H and O–H groups in total. The second-order valence-electron chi connectivity index (χ2n) is 6.75. The molecular formula is C20H31IN6OS. The number of carbonyl (C=O) groups is 1. The molecular weight excluding hydrogens is 499 g/mol. The number of aliphatic imine (C=N–C) groups is 1. The number of benzene rings is 1. The van der Waals surface area contributed by atoms with Crippen molar-refractivity contribution in [2.45, 2.75) is 53.8 Å². The van der Waals surface area contributed by atoms with Gasteiger partial charge in [-0.25, -0.2) is 14.8 Å². The van der Waals surface area contributed by atoms with Crippen LogP contribution in [0, 0.1) is 13.8 Å². The van der Waals surface area contributed by atoms with Gasteiger partial charge in [-0.3, -0.25) is 0 Å². The van der Waals surface area contributed by atoms with Crippen molar-refractivity contribution < 1.29 is 4.79 Å². The van der Waals surface area contributed by atoms with E-state index in [0.29, 0.717) is 13.1 Å². The van der Waals surface area contributed by atoms with Gasteiger partial charge in [0.05, 0.1) is 18.8 Å². The van der Waals surface area contributed by atoms with Crippen LogP contribution in [0.5, 0.6) is 0 Å². The minimum Gasteiger partial charge on any atom is -0.357 e. The predicted octanol–water partition coefficient (Wildman–Crippen LogP) is 4.16. The standard InChI is InChI=1S/C20H30N6OS.HI/c1-6-21-19(23-12-18-25-14(4)15(5)28-18)22-11-16-7-9-17(10-8-16)26-20(27)24-13(2)3;/h7-10,13H,6,11-12H2,1-5H3,(H2,21,22,23)(H2,24,26,27);1H. The molecule has 1 aromatic carbocycles. The van der Waals surface area contributed by atoms with Gasteiger partial charge in [0.15, 0.2) is 5.96 Å².